The molecule has 0 bridgehead atoms. The molecular weight excluding hydrogens is 718 g/mol. The molecule has 1 aliphatic rings. The molecule has 1 N–H and O–H groups in total. The van der Waals surface area contributed by atoms with Crippen LogP contribution in [0, 0.1) is 0 Å². The molecule has 48 heavy (non-hydrogen) atoms. The maximum atomic E-state index is 14.0. The summed E-state index contributed by atoms with van der Waals surface area (Å²) in [5.41, 5.74) is 2.40. The highest BCUT2D eigenvalue weighted by Gasteiger charge is 2.35. The molecule has 246 valence electrons. The van der Waals surface area contributed by atoms with E-state index in [1.807, 2.05) is 60.7 Å². The fraction of sp³-hybridized carbons (Fsp3) is 0.139. The van der Waals surface area contributed by atoms with Crippen LogP contribution in [0.1, 0.15) is 29.7 Å². The third-order valence-electron chi connectivity index (χ3n) is 6.81. The number of amides is 3. The number of allylic oxidation sites excluding steroid dienone is 4. The lowest BCUT2D eigenvalue weighted by Gasteiger charge is -2.28. The Balaban J connectivity index is 1.62. The van der Waals surface area contributed by atoms with Crippen LogP contribution in [0.3, 0.4) is 0 Å². The zero-order valence-corrected chi connectivity index (χ0v) is 29.2. The number of thioether (sulfide) groups is 1. The Morgan fingerprint density at radius 2 is 1.73 bits per heavy atom. The molecule has 0 saturated carbocycles. The number of hydrogen-bond donors (Lipinski definition) is 1. The zero-order chi connectivity index (χ0) is 34.6. The van der Waals surface area contributed by atoms with Gasteiger partial charge in [0.15, 0.2) is 17.5 Å². The van der Waals surface area contributed by atoms with Crippen LogP contribution in [0.4, 0.5) is 0 Å². The Morgan fingerprint density at radius 1 is 1.08 bits per heavy atom. The lowest BCUT2D eigenvalue weighted by molar-refractivity contribution is -0.143. The van der Waals surface area contributed by atoms with Crippen LogP contribution < -0.4 is 10.1 Å². The highest BCUT2D eigenvalue weighted by Crippen LogP contribution is 2.36. The second-order valence-corrected chi connectivity index (χ2v) is 12.2. The van der Waals surface area contributed by atoms with Gasteiger partial charge in [-0.15, -0.1) is 0 Å². The van der Waals surface area contributed by atoms with Crippen molar-refractivity contribution in [1.29, 1.82) is 0 Å². The van der Waals surface area contributed by atoms with Crippen LogP contribution in [-0.4, -0.2) is 53.2 Å². The van der Waals surface area contributed by atoms with Crippen molar-refractivity contribution in [2.45, 2.75) is 13.0 Å². The Kier molecular flexibility index (Phi) is 13.1. The standard InChI is InChI=1S/C36H31BrClN3O6S/c1-4-6-17-26(5-2)41-35(45)27(18-23-19-28(37)33(29(38)20-23)47-21-31(43)46-3)34(44)40-36(41)48-22-30(42)39-32(24-13-9-7-10-14-24)25-15-11-8-12-16-25/h4-20,32H,1,21-22H2,2-3H3,(H,39,42)/b17-6-,26-5+,27-18+. The number of hydrogen-bond acceptors (Lipinski definition) is 7. The van der Waals surface area contributed by atoms with Gasteiger partial charge < -0.3 is 14.8 Å². The molecule has 0 saturated heterocycles. The van der Waals surface area contributed by atoms with Crippen LogP contribution in [0.2, 0.25) is 5.02 Å². The van der Waals surface area contributed by atoms with Gasteiger partial charge in [0, 0.05) is 5.70 Å². The van der Waals surface area contributed by atoms with Gasteiger partial charge in [-0.3, -0.25) is 19.3 Å². The van der Waals surface area contributed by atoms with Gasteiger partial charge >= 0.3 is 5.97 Å². The number of rotatable bonds is 12. The summed E-state index contributed by atoms with van der Waals surface area (Å²) in [6, 6.07) is 21.8. The minimum absolute atomic E-state index is 0.0425. The van der Waals surface area contributed by atoms with Crippen molar-refractivity contribution in [1.82, 2.24) is 10.2 Å². The van der Waals surface area contributed by atoms with E-state index in [0.29, 0.717) is 15.7 Å². The van der Waals surface area contributed by atoms with Crippen LogP contribution in [-0.2, 0) is 23.9 Å². The number of halogens is 2. The largest absolute Gasteiger partial charge is 0.479 e. The monoisotopic (exact) mass is 747 g/mol. The van der Waals surface area contributed by atoms with Crippen LogP contribution in [0.25, 0.3) is 6.08 Å². The maximum absolute atomic E-state index is 14.0. The van der Waals surface area contributed by atoms with E-state index in [0.717, 1.165) is 22.9 Å². The second-order valence-electron chi connectivity index (χ2n) is 10.00. The van der Waals surface area contributed by atoms with Crippen molar-refractivity contribution in [3.05, 3.63) is 141 Å². The molecule has 1 heterocycles. The predicted octanol–water partition coefficient (Wildman–Crippen LogP) is 7.05. The molecule has 9 nitrogen and oxygen atoms in total. The van der Waals surface area contributed by atoms with E-state index < -0.39 is 23.8 Å². The second kappa shape index (κ2) is 17.4. The minimum atomic E-state index is -0.785. The van der Waals surface area contributed by atoms with E-state index in [4.69, 9.17) is 16.3 Å². The Hall–Kier alpha value is -4.71. The molecular formula is C36H31BrClN3O6S. The van der Waals surface area contributed by atoms with E-state index in [-0.39, 0.29) is 39.8 Å². The molecule has 0 spiro atoms. The van der Waals surface area contributed by atoms with E-state index in [1.165, 1.54) is 24.2 Å². The quantitative estimate of drug-likeness (QED) is 0.0915. The summed E-state index contributed by atoms with van der Waals surface area (Å²) < 4.78 is 10.4. The van der Waals surface area contributed by atoms with E-state index in [2.05, 4.69) is 37.6 Å². The molecule has 12 heteroatoms. The summed E-state index contributed by atoms with van der Waals surface area (Å²) in [5, 5.41) is 3.24. The molecule has 0 fully saturated rings. The van der Waals surface area contributed by atoms with E-state index in [1.54, 1.807) is 37.3 Å². The number of methoxy groups -OCH3 is 1. The topological polar surface area (TPSA) is 114 Å². The Labute approximate surface area is 296 Å². The fourth-order valence-electron chi connectivity index (χ4n) is 4.55. The first-order chi connectivity index (χ1) is 23.2. The number of carbonyl (C=O) groups excluding carboxylic acids is 4. The third kappa shape index (κ3) is 9.21. The van der Waals surface area contributed by atoms with Crippen molar-refractivity contribution < 1.29 is 28.7 Å². The average Bonchev–Trinajstić information content (AvgIpc) is 3.09. The lowest BCUT2D eigenvalue weighted by atomic mass is 9.99. The molecule has 3 aromatic carbocycles. The molecule has 0 atom stereocenters. The lowest BCUT2D eigenvalue weighted by Crippen LogP contribution is -2.42. The normalized spacial score (nSPS) is 14.4. The molecule has 3 amide bonds. The van der Waals surface area contributed by atoms with Crippen molar-refractivity contribution in [3.8, 4) is 5.75 Å². The van der Waals surface area contributed by atoms with Crippen molar-refractivity contribution in [2.24, 2.45) is 4.99 Å². The first-order valence-corrected chi connectivity index (χ1v) is 16.7. The summed E-state index contributed by atoms with van der Waals surface area (Å²) in [5.74, 6) is -2.28. The van der Waals surface area contributed by atoms with E-state index in [9.17, 15) is 19.2 Å². The average molecular weight is 749 g/mol. The molecule has 0 unspecified atom stereocenters. The molecule has 0 aliphatic carbocycles. The summed E-state index contributed by atoms with van der Waals surface area (Å²) in [6.45, 7) is 5.07. The summed E-state index contributed by atoms with van der Waals surface area (Å²) >= 11 is 10.7. The number of esters is 1. The molecule has 0 aromatic heterocycles. The number of benzene rings is 3. The van der Waals surface area contributed by atoms with Crippen LogP contribution >= 0.6 is 39.3 Å². The van der Waals surface area contributed by atoms with Crippen molar-refractivity contribution >= 4 is 74.2 Å². The SMILES string of the molecule is C=C/C=C\C(=C/C)N1C(=O)/C(=C/c2cc(Cl)c(OCC(=O)OC)c(Br)c2)C(=O)N=C1SCC(=O)NC(c1ccccc1)c1ccccc1. The smallest absolute Gasteiger partial charge is 0.343 e. The fourth-order valence-corrected chi connectivity index (χ4v) is 6.35. The number of ether oxygens (including phenoxy) is 2. The number of aliphatic imine (C=N–C) groups is 1. The van der Waals surface area contributed by atoms with Crippen molar-refractivity contribution in [3.63, 3.8) is 0 Å². The van der Waals surface area contributed by atoms with Gasteiger partial charge in [0.05, 0.1) is 28.4 Å². The molecule has 0 radical (unpaired) electrons. The molecule has 3 aromatic rings. The van der Waals surface area contributed by atoms with E-state index >= 15 is 0 Å². The minimum Gasteiger partial charge on any atom is -0.479 e. The zero-order valence-electron chi connectivity index (χ0n) is 26.0. The van der Waals surface area contributed by atoms with Gasteiger partial charge in [-0.25, -0.2) is 4.79 Å². The molecule has 1 aliphatic heterocycles. The van der Waals surface area contributed by atoms with Gasteiger partial charge in [-0.05, 0) is 63.8 Å². The van der Waals surface area contributed by atoms with Crippen LogP contribution in [0.15, 0.2) is 124 Å². The summed E-state index contributed by atoms with van der Waals surface area (Å²) in [7, 11) is 1.24. The first kappa shape index (κ1) is 36.1. The Bertz CT molecular complexity index is 1760. The first-order valence-electron chi connectivity index (χ1n) is 14.5. The summed E-state index contributed by atoms with van der Waals surface area (Å²) in [4.78, 5) is 57.7. The van der Waals surface area contributed by atoms with Gasteiger partial charge in [0.2, 0.25) is 5.91 Å². The Morgan fingerprint density at radius 3 is 2.29 bits per heavy atom. The predicted molar refractivity (Wildman–Crippen MR) is 192 cm³/mol. The highest BCUT2D eigenvalue weighted by atomic mass is 79.9. The van der Waals surface area contributed by atoms with Gasteiger partial charge in [-0.2, -0.15) is 4.99 Å². The molecule has 4 rings (SSSR count). The highest BCUT2D eigenvalue weighted by molar-refractivity contribution is 9.10. The van der Waals surface area contributed by atoms with Crippen molar-refractivity contribution in [2.75, 3.05) is 19.5 Å². The maximum Gasteiger partial charge on any atom is 0.343 e. The van der Waals surface area contributed by atoms with Gasteiger partial charge in [0.1, 0.15) is 5.57 Å². The number of carbonyl (C=O) groups is 4. The van der Waals surface area contributed by atoms with Gasteiger partial charge in [-0.1, -0.05) is 109 Å². The third-order valence-corrected chi connectivity index (χ3v) is 8.61. The number of nitrogens with one attached hydrogen (secondary N) is 1. The summed E-state index contributed by atoms with van der Waals surface area (Å²) in [6.07, 6.45) is 7.89. The van der Waals surface area contributed by atoms with Crippen LogP contribution in [0.5, 0.6) is 5.75 Å². The number of amidine groups is 1. The number of nitrogens with zero attached hydrogens (tertiary/aromatic N) is 2. The van der Waals surface area contributed by atoms with Gasteiger partial charge in [0.25, 0.3) is 11.8 Å².